The van der Waals surface area contributed by atoms with Gasteiger partial charge in [-0.1, -0.05) is 0 Å². The maximum Gasteiger partial charge on any atom is 0.256 e. The van der Waals surface area contributed by atoms with Gasteiger partial charge >= 0.3 is 0 Å². The van der Waals surface area contributed by atoms with Crippen LogP contribution in [0.2, 0.25) is 0 Å². The minimum Gasteiger partial charge on any atom is -0.384 e. The number of ether oxygens (including phenoxy) is 1. The van der Waals surface area contributed by atoms with Crippen molar-refractivity contribution < 1.29 is 21.6 Å². The van der Waals surface area contributed by atoms with Gasteiger partial charge in [0.2, 0.25) is 0 Å². The Kier molecular flexibility index (Phi) is 7.01. The number of sulfone groups is 1. The summed E-state index contributed by atoms with van der Waals surface area (Å²) in [4.78, 5) is 18.5. The molecule has 0 amide bonds. The van der Waals surface area contributed by atoms with E-state index in [-0.39, 0.29) is 17.7 Å². The SMILES string of the molecule is C[C@@H]1[C@@H](CS(C)(=O)=O)CN1c1ccc(N2CCOCC2)c2cc(N)nc(-c3ccnc(-c4cnn(S(=O)(=O)C5CC5)c4)n3)c12. The van der Waals surface area contributed by atoms with Gasteiger partial charge in [0.05, 0.1) is 47.9 Å². The number of nitrogens with zero attached hydrogens (tertiary/aromatic N) is 7. The van der Waals surface area contributed by atoms with Crippen LogP contribution < -0.4 is 15.5 Å². The number of hydrogen-bond acceptors (Lipinski definition) is 12. The minimum atomic E-state index is -3.53. The van der Waals surface area contributed by atoms with E-state index < -0.39 is 25.1 Å². The zero-order valence-corrected chi connectivity index (χ0v) is 26.1. The Morgan fingerprint density at radius 3 is 2.50 bits per heavy atom. The summed E-state index contributed by atoms with van der Waals surface area (Å²) in [6.45, 7) is 5.33. The van der Waals surface area contributed by atoms with Crippen LogP contribution in [0, 0.1) is 5.92 Å². The maximum atomic E-state index is 12.7. The molecule has 7 rings (SSSR count). The van der Waals surface area contributed by atoms with E-state index in [1.54, 1.807) is 12.3 Å². The fourth-order valence-corrected chi connectivity index (χ4v) is 8.79. The zero-order valence-electron chi connectivity index (χ0n) is 24.5. The lowest BCUT2D eigenvalue weighted by molar-refractivity contribution is 0.123. The standard InChI is InChI=1S/C29H34N8O5S2/c1-18-20(17-43(2,38)39)15-36(18)25-6-5-24(35-9-11-42-12-10-35)22-13-26(30)34-28(27(22)25)23-7-8-31-29(33-23)19-14-32-37(16-19)44(40,41)21-3-4-21/h5-8,13-14,16,18,20-21H,3-4,9-12,15,17H2,1-2H3,(H2,30,34)/t18-,20-/m1/s1. The molecule has 3 fully saturated rings. The second kappa shape index (κ2) is 10.7. The first kappa shape index (κ1) is 28.9. The van der Waals surface area contributed by atoms with E-state index >= 15 is 0 Å². The van der Waals surface area contributed by atoms with Crippen LogP contribution in [-0.4, -0.2) is 97.1 Å². The summed E-state index contributed by atoms with van der Waals surface area (Å²) in [6, 6.07) is 7.78. The summed E-state index contributed by atoms with van der Waals surface area (Å²) in [5.41, 5.74) is 9.90. The lowest BCUT2D eigenvalue weighted by Crippen LogP contribution is -2.57. The van der Waals surface area contributed by atoms with E-state index in [1.165, 1.54) is 18.6 Å². The summed E-state index contributed by atoms with van der Waals surface area (Å²) in [7, 11) is -6.65. The van der Waals surface area contributed by atoms with Crippen molar-refractivity contribution in [3.05, 3.63) is 42.9 Å². The lowest BCUT2D eigenvalue weighted by atomic mass is 9.89. The lowest BCUT2D eigenvalue weighted by Gasteiger charge is -2.48. The molecular formula is C29H34N8O5S2. The number of pyridine rings is 1. The van der Waals surface area contributed by atoms with Crippen molar-refractivity contribution in [2.45, 2.75) is 31.1 Å². The van der Waals surface area contributed by atoms with E-state index in [0.717, 1.165) is 39.3 Å². The van der Waals surface area contributed by atoms with Gasteiger partial charge in [-0.2, -0.15) is 9.19 Å². The van der Waals surface area contributed by atoms with Crippen molar-refractivity contribution in [3.63, 3.8) is 0 Å². The number of fused-ring (bicyclic) bond motifs is 1. The van der Waals surface area contributed by atoms with E-state index in [9.17, 15) is 16.8 Å². The first-order valence-corrected chi connectivity index (χ1v) is 18.2. The van der Waals surface area contributed by atoms with Crippen molar-refractivity contribution in [1.82, 2.24) is 24.1 Å². The highest BCUT2D eigenvalue weighted by Crippen LogP contribution is 2.44. The maximum absolute atomic E-state index is 12.7. The quantitative estimate of drug-likeness (QED) is 0.299. The highest BCUT2D eigenvalue weighted by molar-refractivity contribution is 7.90. The van der Waals surface area contributed by atoms with E-state index in [4.69, 9.17) is 20.4 Å². The third-order valence-electron chi connectivity index (χ3n) is 8.68. The summed E-state index contributed by atoms with van der Waals surface area (Å²) in [5, 5.41) is 5.46. The molecule has 232 valence electrons. The Bertz CT molecular complexity index is 1970. The molecule has 44 heavy (non-hydrogen) atoms. The van der Waals surface area contributed by atoms with Gasteiger partial charge in [-0.3, -0.25) is 0 Å². The average Bonchev–Trinajstić information content (AvgIpc) is 3.75. The average molecular weight is 639 g/mol. The number of nitrogen functional groups attached to an aromatic ring is 1. The predicted octanol–water partition coefficient (Wildman–Crippen LogP) is 2.18. The van der Waals surface area contributed by atoms with Crippen molar-refractivity contribution >= 4 is 47.8 Å². The Hall–Kier alpha value is -3.82. The fraction of sp³-hybridized carbons (Fsp3) is 0.448. The molecule has 0 unspecified atom stereocenters. The molecule has 2 atom stereocenters. The topological polar surface area (TPSA) is 166 Å². The molecule has 0 bridgehead atoms. The normalized spacial score (nSPS) is 21.0. The third-order valence-corrected chi connectivity index (χ3v) is 11.7. The molecule has 5 heterocycles. The number of hydrogen-bond donors (Lipinski definition) is 1. The number of anilines is 3. The third kappa shape index (κ3) is 5.26. The summed E-state index contributed by atoms with van der Waals surface area (Å²) in [5.74, 6) is 0.785. The number of aromatic nitrogens is 5. The number of nitrogens with two attached hydrogens (primary N) is 1. The second-order valence-electron chi connectivity index (χ2n) is 11.9. The number of morpholine rings is 1. The molecule has 3 aliphatic rings. The van der Waals surface area contributed by atoms with Crippen molar-refractivity contribution in [3.8, 4) is 22.8 Å². The molecule has 15 heteroatoms. The van der Waals surface area contributed by atoms with E-state index in [2.05, 4.69) is 32.0 Å². The predicted molar refractivity (Wildman–Crippen MR) is 169 cm³/mol. The number of benzene rings is 1. The van der Waals surface area contributed by atoms with E-state index in [0.29, 0.717) is 61.2 Å². The van der Waals surface area contributed by atoms with Crippen LogP contribution in [-0.2, 0) is 24.6 Å². The fourth-order valence-electron chi connectivity index (χ4n) is 6.16. The molecule has 2 N–H and O–H groups in total. The van der Waals surface area contributed by atoms with Crippen LogP contribution in [0.3, 0.4) is 0 Å². The van der Waals surface area contributed by atoms with Crippen LogP contribution in [0.15, 0.2) is 42.9 Å². The van der Waals surface area contributed by atoms with Gasteiger partial charge in [0.25, 0.3) is 10.0 Å². The van der Waals surface area contributed by atoms with Gasteiger partial charge in [-0.25, -0.2) is 31.8 Å². The smallest absolute Gasteiger partial charge is 0.256 e. The summed E-state index contributed by atoms with van der Waals surface area (Å²) < 4.78 is 56.2. The van der Waals surface area contributed by atoms with Crippen molar-refractivity contribution in [2.24, 2.45) is 5.92 Å². The van der Waals surface area contributed by atoms with Gasteiger partial charge in [0.15, 0.2) is 5.82 Å². The molecule has 3 aromatic heterocycles. The van der Waals surface area contributed by atoms with Gasteiger partial charge in [0, 0.05) is 66.2 Å². The van der Waals surface area contributed by atoms with Gasteiger partial charge in [-0.05, 0) is 44.0 Å². The largest absolute Gasteiger partial charge is 0.384 e. The Morgan fingerprint density at radius 2 is 1.80 bits per heavy atom. The molecular weight excluding hydrogens is 605 g/mol. The first-order chi connectivity index (χ1) is 21.0. The van der Waals surface area contributed by atoms with Crippen LogP contribution in [0.1, 0.15) is 19.8 Å². The van der Waals surface area contributed by atoms with Crippen LogP contribution in [0.25, 0.3) is 33.5 Å². The Morgan fingerprint density at radius 1 is 1.05 bits per heavy atom. The highest BCUT2D eigenvalue weighted by atomic mass is 32.2. The highest BCUT2D eigenvalue weighted by Gasteiger charge is 2.39. The van der Waals surface area contributed by atoms with Gasteiger partial charge < -0.3 is 20.3 Å². The van der Waals surface area contributed by atoms with Crippen molar-refractivity contribution in [2.75, 3.05) is 60.4 Å². The molecule has 1 aliphatic carbocycles. The molecule has 2 saturated heterocycles. The van der Waals surface area contributed by atoms with Crippen LogP contribution in [0.4, 0.5) is 17.2 Å². The second-order valence-corrected chi connectivity index (χ2v) is 16.1. The Balaban J connectivity index is 1.35. The molecule has 1 saturated carbocycles. The zero-order chi connectivity index (χ0) is 30.8. The molecule has 13 nitrogen and oxygen atoms in total. The molecule has 2 aliphatic heterocycles. The Labute approximate surface area is 256 Å². The van der Waals surface area contributed by atoms with Crippen LogP contribution in [0.5, 0.6) is 0 Å². The summed E-state index contributed by atoms with van der Waals surface area (Å²) in [6.07, 6.45) is 7.06. The summed E-state index contributed by atoms with van der Waals surface area (Å²) >= 11 is 0. The monoisotopic (exact) mass is 638 g/mol. The molecule has 4 aromatic rings. The minimum absolute atomic E-state index is 0.00668. The van der Waals surface area contributed by atoms with Crippen molar-refractivity contribution in [1.29, 1.82) is 0 Å². The molecule has 0 spiro atoms. The number of rotatable bonds is 8. The first-order valence-electron chi connectivity index (χ1n) is 14.6. The molecule has 1 aromatic carbocycles. The van der Waals surface area contributed by atoms with Crippen LogP contribution >= 0.6 is 0 Å². The molecule has 0 radical (unpaired) electrons. The van der Waals surface area contributed by atoms with E-state index in [1.807, 2.05) is 13.0 Å². The van der Waals surface area contributed by atoms with Gasteiger partial charge in [0.1, 0.15) is 21.3 Å². The van der Waals surface area contributed by atoms with Gasteiger partial charge in [-0.15, -0.1) is 0 Å².